The van der Waals surface area contributed by atoms with Crippen LogP contribution in [0.25, 0.3) is 10.1 Å². The van der Waals surface area contributed by atoms with Crippen LogP contribution >= 0.6 is 18.9 Å². The van der Waals surface area contributed by atoms with E-state index >= 15 is 4.39 Å². The Morgan fingerprint density at radius 2 is 1.71 bits per heavy atom. The lowest BCUT2D eigenvalue weighted by Crippen LogP contribution is -2.56. The van der Waals surface area contributed by atoms with Crippen LogP contribution in [0.2, 0.25) is 0 Å². The van der Waals surface area contributed by atoms with Crippen LogP contribution in [0, 0.1) is 17.2 Å². The number of esters is 1. The van der Waals surface area contributed by atoms with E-state index in [-0.39, 0.29) is 47.6 Å². The van der Waals surface area contributed by atoms with Gasteiger partial charge in [-0.3, -0.25) is 23.7 Å². The van der Waals surface area contributed by atoms with Gasteiger partial charge in [0.2, 0.25) is 17.7 Å². The highest BCUT2D eigenvalue weighted by Crippen LogP contribution is 2.58. The zero-order valence-corrected chi connectivity index (χ0v) is 34.8. The molecule has 7 rings (SSSR count). The van der Waals surface area contributed by atoms with Crippen molar-refractivity contribution >= 4 is 52.6 Å². The van der Waals surface area contributed by atoms with E-state index in [0.717, 1.165) is 24.8 Å². The van der Waals surface area contributed by atoms with Gasteiger partial charge >= 0.3 is 13.5 Å². The van der Waals surface area contributed by atoms with Gasteiger partial charge in [-0.1, -0.05) is 74.4 Å². The number of nitriles is 1. The minimum absolute atomic E-state index is 0.0170. The maximum Gasteiger partial charge on any atom is 0.355 e. The van der Waals surface area contributed by atoms with E-state index < -0.39 is 43.4 Å². The smallest absolute Gasteiger partial charge is 0.355 e. The predicted molar refractivity (Wildman–Crippen MR) is 222 cm³/mol. The van der Waals surface area contributed by atoms with Crippen LogP contribution < -0.4 is 14.9 Å². The number of para-hydroxylation sites is 1. The first-order chi connectivity index (χ1) is 28.5. The van der Waals surface area contributed by atoms with Gasteiger partial charge in [0.15, 0.2) is 0 Å². The van der Waals surface area contributed by atoms with Crippen LogP contribution in [0.3, 0.4) is 0 Å². The van der Waals surface area contributed by atoms with E-state index in [4.69, 9.17) is 9.26 Å². The Bertz CT molecular complexity index is 2250. The van der Waals surface area contributed by atoms with Crippen molar-refractivity contribution in [1.29, 1.82) is 5.26 Å². The molecule has 3 saturated heterocycles. The quantitative estimate of drug-likeness (QED) is 0.101. The minimum atomic E-state index is -4.45. The zero-order chi connectivity index (χ0) is 41.7. The van der Waals surface area contributed by atoms with Crippen molar-refractivity contribution in [3.63, 3.8) is 0 Å². The molecule has 4 aromatic rings. The number of likely N-dealkylation sites (tertiary alicyclic amines) is 1. The highest BCUT2D eigenvalue weighted by Gasteiger charge is 2.47. The molecule has 12 nitrogen and oxygen atoms in total. The second-order valence-electron chi connectivity index (χ2n) is 15.6. The van der Waals surface area contributed by atoms with Crippen molar-refractivity contribution in [3.8, 4) is 11.8 Å². The van der Waals surface area contributed by atoms with E-state index in [0.29, 0.717) is 53.7 Å². The van der Waals surface area contributed by atoms with E-state index in [2.05, 4.69) is 16.5 Å². The Kier molecular flexibility index (Phi) is 13.1. The topological polar surface area (TPSA) is 158 Å². The summed E-state index contributed by atoms with van der Waals surface area (Å²) in [7, 11) is -4.45. The van der Waals surface area contributed by atoms with Gasteiger partial charge in [-0.2, -0.15) is 5.26 Å². The highest BCUT2D eigenvalue weighted by molar-refractivity contribution is 7.57. The first-order valence-electron chi connectivity index (χ1n) is 20.3. The summed E-state index contributed by atoms with van der Waals surface area (Å²) in [4.78, 5) is 58.7. The molecule has 2 unspecified atom stereocenters. The number of hydrogen-bond donors (Lipinski definition) is 2. The Morgan fingerprint density at radius 1 is 0.983 bits per heavy atom. The number of hydrogen-bond acceptors (Lipinski definition) is 9. The summed E-state index contributed by atoms with van der Waals surface area (Å²) in [5, 5.41) is 16.0. The van der Waals surface area contributed by atoms with Crippen molar-refractivity contribution < 1.29 is 37.4 Å². The Hall–Kier alpha value is -5.09. The number of fused-ring (bicyclic) bond motifs is 2. The molecular formula is C44H49FN5O7PS. The Balaban J connectivity index is 1.07. The molecule has 3 aromatic carbocycles. The summed E-state index contributed by atoms with van der Waals surface area (Å²) in [5.74, 6) is -4.11. The molecule has 15 heteroatoms. The van der Waals surface area contributed by atoms with Crippen LogP contribution in [0.15, 0.2) is 84.9 Å². The number of halogens is 1. The van der Waals surface area contributed by atoms with Gasteiger partial charge < -0.3 is 24.4 Å². The normalized spacial score (nSPS) is 23.9. The summed E-state index contributed by atoms with van der Waals surface area (Å²) in [6.07, 6.45) is 4.57. The standard InChI is InChI=1S/C44H49FN5O7PS/c1-3-22-56-44(54)28(2)48-58(55,57-34-15-8-5-9-16-34)40(45)30-18-21-38-31(23-30)24-39(59-38)41(51)47-36-17-11-10-14-33-19-20-37(50(33)42(36)52)43(53)49-26-32(25-46)35(27-49)29-12-6-4-7-13-29/h4-9,12-13,15-16,18,21,23-24,28,32-33,35-37,40H,3,10-11,14,17,19-20,22,26-27H2,1-2H3,(H,47,51)(H,48,55)/t28-,32-,33-,35+,36?,37-,40-,58?/m0/s1. The number of nitrogens with one attached hydrogen (secondary N) is 2. The lowest BCUT2D eigenvalue weighted by atomic mass is 9.90. The molecule has 4 heterocycles. The number of carbonyl (C=O) groups is 4. The van der Waals surface area contributed by atoms with Gasteiger partial charge in [0.25, 0.3) is 5.91 Å². The molecule has 3 fully saturated rings. The van der Waals surface area contributed by atoms with Crippen LogP contribution in [-0.4, -0.2) is 77.4 Å². The molecule has 59 heavy (non-hydrogen) atoms. The molecule has 0 radical (unpaired) electrons. The number of ether oxygens (including phenoxy) is 1. The van der Waals surface area contributed by atoms with Crippen LogP contribution in [-0.2, 0) is 23.7 Å². The summed E-state index contributed by atoms with van der Waals surface area (Å²) >= 11 is 1.18. The number of thiophene rings is 1. The van der Waals surface area contributed by atoms with Crippen molar-refractivity contribution in [2.24, 2.45) is 5.92 Å². The average molecular weight is 842 g/mol. The van der Waals surface area contributed by atoms with Gasteiger partial charge in [-0.05, 0) is 85.9 Å². The fourth-order valence-electron chi connectivity index (χ4n) is 8.45. The van der Waals surface area contributed by atoms with Crippen LogP contribution in [0.4, 0.5) is 4.39 Å². The largest absolute Gasteiger partial charge is 0.465 e. The second kappa shape index (κ2) is 18.4. The second-order valence-corrected chi connectivity index (χ2v) is 18.7. The SMILES string of the molecule is CCCOC(=O)[C@H](C)NP(=O)(Oc1ccccc1)[C@H](F)c1ccc2sc(C(=O)NC3CCCC[C@H]4CC[C@@H](C(=O)N5C[C@H](c6ccccc6)[C@@H](C#N)C5)N4C3=O)cc2c1. The third-order valence-electron chi connectivity index (χ3n) is 11.4. The number of rotatable bonds is 13. The lowest BCUT2D eigenvalue weighted by molar-refractivity contribution is -0.146. The lowest BCUT2D eigenvalue weighted by Gasteiger charge is -2.36. The molecular weight excluding hydrogens is 793 g/mol. The molecule has 3 aliphatic heterocycles. The molecule has 0 spiro atoms. The Labute approximate surface area is 347 Å². The van der Waals surface area contributed by atoms with E-state index in [9.17, 15) is 29.0 Å². The maximum absolute atomic E-state index is 16.5. The fourth-order valence-corrected chi connectivity index (χ4v) is 11.3. The van der Waals surface area contributed by atoms with Crippen LogP contribution in [0.5, 0.6) is 5.75 Å². The third-order valence-corrected chi connectivity index (χ3v) is 14.7. The van der Waals surface area contributed by atoms with E-state index in [1.165, 1.54) is 42.5 Å². The first kappa shape index (κ1) is 42.0. The van der Waals surface area contributed by atoms with Gasteiger partial charge in [0, 0.05) is 29.7 Å². The van der Waals surface area contributed by atoms with Crippen molar-refractivity contribution in [1.82, 2.24) is 20.2 Å². The number of benzene rings is 3. The summed E-state index contributed by atoms with van der Waals surface area (Å²) in [6.45, 7) is 4.13. The number of nitrogens with zero attached hydrogens (tertiary/aromatic N) is 3. The summed E-state index contributed by atoms with van der Waals surface area (Å²) in [5.41, 5.74) is 1.03. The third kappa shape index (κ3) is 9.23. The fraction of sp³-hybridized carbons (Fsp3) is 0.432. The van der Waals surface area contributed by atoms with Crippen molar-refractivity contribution in [2.75, 3.05) is 19.7 Å². The molecule has 3 amide bonds. The van der Waals surface area contributed by atoms with Crippen molar-refractivity contribution in [3.05, 3.63) is 101 Å². The monoisotopic (exact) mass is 841 g/mol. The molecule has 0 bridgehead atoms. The molecule has 3 aliphatic rings. The van der Waals surface area contributed by atoms with Gasteiger partial charge in [0.05, 0.1) is 23.5 Å². The summed E-state index contributed by atoms with van der Waals surface area (Å²) < 4.78 is 42.4. The predicted octanol–water partition coefficient (Wildman–Crippen LogP) is 7.87. The molecule has 0 saturated carbocycles. The van der Waals surface area contributed by atoms with Gasteiger partial charge in [0.1, 0.15) is 23.9 Å². The molecule has 0 aliphatic carbocycles. The number of amides is 3. The van der Waals surface area contributed by atoms with E-state index in [1.54, 1.807) is 40.1 Å². The zero-order valence-electron chi connectivity index (χ0n) is 33.1. The van der Waals surface area contributed by atoms with E-state index in [1.807, 2.05) is 37.3 Å². The number of alkyl halides is 1. The van der Waals surface area contributed by atoms with Gasteiger partial charge in [-0.15, -0.1) is 11.3 Å². The summed E-state index contributed by atoms with van der Waals surface area (Å²) in [6, 6.07) is 23.7. The Morgan fingerprint density at radius 3 is 2.44 bits per heavy atom. The molecule has 1 aromatic heterocycles. The maximum atomic E-state index is 16.5. The molecule has 2 N–H and O–H groups in total. The van der Waals surface area contributed by atoms with Crippen molar-refractivity contribution in [2.45, 2.75) is 94.8 Å². The minimum Gasteiger partial charge on any atom is -0.465 e. The molecule has 8 atom stereocenters. The molecule has 310 valence electrons. The number of carbonyl (C=O) groups excluding carboxylic acids is 4. The highest BCUT2D eigenvalue weighted by atomic mass is 32.1. The van der Waals surface area contributed by atoms with Crippen LogP contribution in [0.1, 0.15) is 91.4 Å². The average Bonchev–Trinajstić information content (AvgIpc) is 4.00. The first-order valence-corrected chi connectivity index (χ1v) is 22.8. The van der Waals surface area contributed by atoms with Gasteiger partial charge in [-0.25, -0.2) is 9.48 Å².